The van der Waals surface area contributed by atoms with E-state index < -0.39 is 0 Å². The number of rotatable bonds is 0. The average molecular weight is 201 g/mol. The Morgan fingerprint density at radius 2 is 1.80 bits per heavy atom. The first kappa shape index (κ1) is 8.96. The van der Waals surface area contributed by atoms with Gasteiger partial charge in [-0.15, -0.1) is 0 Å². The molecule has 1 fully saturated rings. The molecule has 1 saturated heterocycles. The molecule has 78 valence electrons. The molecule has 1 N–H and O–H groups in total. The van der Waals surface area contributed by atoms with Gasteiger partial charge in [0.25, 0.3) is 0 Å². The highest BCUT2D eigenvalue weighted by Gasteiger charge is 2.39. The van der Waals surface area contributed by atoms with Crippen LogP contribution >= 0.6 is 0 Å². The molecule has 0 bridgehead atoms. The number of aryl methyl sites for hydroxylation is 1. The number of hydrogen-bond acceptors (Lipinski definition) is 1. The van der Waals surface area contributed by atoms with Gasteiger partial charge in [0, 0.05) is 12.0 Å². The van der Waals surface area contributed by atoms with Crippen LogP contribution in [-0.4, -0.2) is 11.4 Å². The SMILES string of the molecule is O=C1CC[C@@]2(CCc3ccccc3C2)N1. The minimum atomic E-state index is 0.0887. The largest absolute Gasteiger partial charge is 0.350 e. The Kier molecular flexibility index (Phi) is 1.84. The molecule has 1 atom stereocenters. The standard InChI is InChI=1S/C13H15NO/c15-12-6-8-13(14-12)7-5-10-3-1-2-4-11(10)9-13/h1-4H,5-9H2,(H,14,15)/t13-/m1/s1. The lowest BCUT2D eigenvalue weighted by molar-refractivity contribution is -0.119. The third-order valence-corrected chi connectivity index (χ3v) is 3.76. The van der Waals surface area contributed by atoms with Gasteiger partial charge in [0.2, 0.25) is 5.91 Å². The van der Waals surface area contributed by atoms with E-state index in [1.807, 2.05) is 0 Å². The van der Waals surface area contributed by atoms with Crippen LogP contribution in [0.4, 0.5) is 0 Å². The van der Waals surface area contributed by atoms with Crippen LogP contribution in [-0.2, 0) is 17.6 Å². The fourth-order valence-electron chi connectivity index (χ4n) is 2.89. The molecule has 0 aromatic heterocycles. The number of carbonyl (C=O) groups is 1. The van der Waals surface area contributed by atoms with E-state index in [0.717, 1.165) is 25.7 Å². The minimum Gasteiger partial charge on any atom is -0.350 e. The maximum Gasteiger partial charge on any atom is 0.220 e. The summed E-state index contributed by atoms with van der Waals surface area (Å²) >= 11 is 0. The molecule has 1 aliphatic carbocycles. The van der Waals surface area contributed by atoms with Gasteiger partial charge in [-0.1, -0.05) is 24.3 Å². The second-order valence-corrected chi connectivity index (χ2v) is 4.77. The van der Waals surface area contributed by atoms with Crippen LogP contribution < -0.4 is 5.32 Å². The Bertz CT molecular complexity index is 413. The van der Waals surface area contributed by atoms with Crippen molar-refractivity contribution in [1.29, 1.82) is 0 Å². The third-order valence-electron chi connectivity index (χ3n) is 3.76. The lowest BCUT2D eigenvalue weighted by Crippen LogP contribution is -2.46. The highest BCUT2D eigenvalue weighted by Crippen LogP contribution is 2.34. The summed E-state index contributed by atoms with van der Waals surface area (Å²) in [5, 5.41) is 3.17. The predicted octanol–water partition coefficient (Wildman–Crippen LogP) is 1.82. The summed E-state index contributed by atoms with van der Waals surface area (Å²) in [7, 11) is 0. The molecule has 1 aromatic rings. The van der Waals surface area contributed by atoms with Crippen molar-refractivity contribution in [3.63, 3.8) is 0 Å². The highest BCUT2D eigenvalue weighted by molar-refractivity contribution is 5.79. The summed E-state index contributed by atoms with van der Waals surface area (Å²) < 4.78 is 0. The Morgan fingerprint density at radius 1 is 1.07 bits per heavy atom. The van der Waals surface area contributed by atoms with Crippen molar-refractivity contribution in [1.82, 2.24) is 5.32 Å². The monoisotopic (exact) mass is 201 g/mol. The molecule has 2 aliphatic rings. The van der Waals surface area contributed by atoms with Crippen LogP contribution in [0.1, 0.15) is 30.4 Å². The number of nitrogens with one attached hydrogen (secondary N) is 1. The van der Waals surface area contributed by atoms with E-state index in [1.54, 1.807) is 0 Å². The molecule has 0 saturated carbocycles. The Morgan fingerprint density at radius 3 is 2.53 bits per heavy atom. The maximum absolute atomic E-state index is 11.3. The number of benzene rings is 1. The van der Waals surface area contributed by atoms with Gasteiger partial charge < -0.3 is 5.32 Å². The van der Waals surface area contributed by atoms with E-state index in [0.29, 0.717) is 6.42 Å². The Labute approximate surface area is 89.7 Å². The maximum atomic E-state index is 11.3. The smallest absolute Gasteiger partial charge is 0.220 e. The zero-order valence-corrected chi connectivity index (χ0v) is 8.75. The molecular formula is C13H15NO. The van der Waals surface area contributed by atoms with E-state index >= 15 is 0 Å². The molecule has 1 aromatic carbocycles. The number of carbonyl (C=O) groups excluding carboxylic acids is 1. The third kappa shape index (κ3) is 1.44. The van der Waals surface area contributed by atoms with Crippen LogP contribution in [0.25, 0.3) is 0 Å². The molecule has 1 spiro atoms. The second kappa shape index (κ2) is 3.09. The number of hydrogen-bond donors (Lipinski definition) is 1. The van der Waals surface area contributed by atoms with Gasteiger partial charge in [-0.05, 0) is 36.8 Å². The molecule has 0 unspecified atom stereocenters. The molecule has 0 radical (unpaired) electrons. The Hall–Kier alpha value is -1.31. The Balaban J connectivity index is 1.92. The van der Waals surface area contributed by atoms with E-state index in [4.69, 9.17) is 0 Å². The molecule has 2 nitrogen and oxygen atoms in total. The fraction of sp³-hybridized carbons (Fsp3) is 0.462. The van der Waals surface area contributed by atoms with Crippen molar-refractivity contribution in [2.24, 2.45) is 0 Å². The summed E-state index contributed by atoms with van der Waals surface area (Å²) in [5.41, 5.74) is 2.97. The van der Waals surface area contributed by atoms with Crippen LogP contribution in [0.3, 0.4) is 0 Å². The van der Waals surface area contributed by atoms with Gasteiger partial charge >= 0.3 is 0 Å². The topological polar surface area (TPSA) is 29.1 Å². The molecule has 1 heterocycles. The van der Waals surface area contributed by atoms with Crippen molar-refractivity contribution >= 4 is 5.91 Å². The zero-order valence-electron chi connectivity index (χ0n) is 8.75. The van der Waals surface area contributed by atoms with Crippen LogP contribution in [0.2, 0.25) is 0 Å². The first-order valence-electron chi connectivity index (χ1n) is 5.65. The summed E-state index contributed by atoms with van der Waals surface area (Å²) in [6.45, 7) is 0. The normalized spacial score (nSPS) is 28.9. The van der Waals surface area contributed by atoms with Crippen molar-refractivity contribution < 1.29 is 4.79 Å². The summed E-state index contributed by atoms with van der Waals surface area (Å²) in [6.07, 6.45) is 4.96. The van der Waals surface area contributed by atoms with Gasteiger partial charge in [0.05, 0.1) is 0 Å². The molecule has 3 rings (SSSR count). The molecule has 15 heavy (non-hydrogen) atoms. The van der Waals surface area contributed by atoms with E-state index in [-0.39, 0.29) is 11.4 Å². The summed E-state index contributed by atoms with van der Waals surface area (Å²) in [5.74, 6) is 0.231. The average Bonchev–Trinajstić information content (AvgIpc) is 2.60. The highest BCUT2D eigenvalue weighted by atomic mass is 16.2. The lowest BCUT2D eigenvalue weighted by atomic mass is 9.77. The molecular weight excluding hydrogens is 186 g/mol. The summed E-state index contributed by atoms with van der Waals surface area (Å²) in [6, 6.07) is 8.60. The zero-order chi connectivity index (χ0) is 10.3. The number of fused-ring (bicyclic) bond motifs is 1. The molecule has 2 heteroatoms. The van der Waals surface area contributed by atoms with Crippen molar-refractivity contribution in [3.8, 4) is 0 Å². The van der Waals surface area contributed by atoms with Gasteiger partial charge in [0.15, 0.2) is 0 Å². The van der Waals surface area contributed by atoms with Crippen molar-refractivity contribution in [2.75, 3.05) is 0 Å². The van der Waals surface area contributed by atoms with Crippen molar-refractivity contribution in [3.05, 3.63) is 35.4 Å². The van der Waals surface area contributed by atoms with Crippen molar-refractivity contribution in [2.45, 2.75) is 37.6 Å². The predicted molar refractivity (Wildman–Crippen MR) is 58.6 cm³/mol. The number of amides is 1. The molecule has 1 aliphatic heterocycles. The van der Waals surface area contributed by atoms with Gasteiger partial charge in [-0.25, -0.2) is 0 Å². The van der Waals surface area contributed by atoms with E-state index in [1.165, 1.54) is 11.1 Å². The fourth-order valence-corrected chi connectivity index (χ4v) is 2.89. The first-order valence-corrected chi connectivity index (χ1v) is 5.65. The van der Waals surface area contributed by atoms with Gasteiger partial charge in [0.1, 0.15) is 0 Å². The van der Waals surface area contributed by atoms with Crippen LogP contribution in [0, 0.1) is 0 Å². The molecule has 1 amide bonds. The second-order valence-electron chi connectivity index (χ2n) is 4.77. The minimum absolute atomic E-state index is 0.0887. The van der Waals surface area contributed by atoms with Crippen LogP contribution in [0.15, 0.2) is 24.3 Å². The van der Waals surface area contributed by atoms with Gasteiger partial charge in [-0.3, -0.25) is 4.79 Å². The van der Waals surface area contributed by atoms with Gasteiger partial charge in [-0.2, -0.15) is 0 Å². The lowest BCUT2D eigenvalue weighted by Gasteiger charge is -2.34. The van der Waals surface area contributed by atoms with Crippen LogP contribution in [0.5, 0.6) is 0 Å². The summed E-state index contributed by atoms with van der Waals surface area (Å²) in [4.78, 5) is 11.3. The van der Waals surface area contributed by atoms with E-state index in [2.05, 4.69) is 29.6 Å². The quantitative estimate of drug-likeness (QED) is 0.681. The first-order chi connectivity index (χ1) is 7.27. The van der Waals surface area contributed by atoms with E-state index in [9.17, 15) is 4.79 Å².